The topological polar surface area (TPSA) is 79.3 Å². The van der Waals surface area contributed by atoms with Gasteiger partial charge >= 0.3 is 5.97 Å². The molecule has 90 valence electrons. The van der Waals surface area contributed by atoms with E-state index in [0.29, 0.717) is 5.56 Å². The van der Waals surface area contributed by atoms with Gasteiger partial charge in [-0.2, -0.15) is 0 Å². The van der Waals surface area contributed by atoms with Gasteiger partial charge in [-0.05, 0) is 24.0 Å². The predicted molar refractivity (Wildman–Crippen MR) is 60.8 cm³/mol. The molecule has 17 heavy (non-hydrogen) atoms. The van der Waals surface area contributed by atoms with Crippen molar-refractivity contribution < 1.29 is 14.7 Å². The van der Waals surface area contributed by atoms with Crippen LogP contribution in [0, 0.1) is 5.41 Å². The minimum atomic E-state index is -1.13. The molecular formula is C12H14N2O3. The number of hydrogen-bond donors (Lipinski definition) is 2. The van der Waals surface area contributed by atoms with E-state index in [-0.39, 0.29) is 23.1 Å². The van der Waals surface area contributed by atoms with Crippen molar-refractivity contribution in [3.63, 3.8) is 0 Å². The first kappa shape index (κ1) is 11.6. The zero-order valence-electron chi connectivity index (χ0n) is 9.73. The third-order valence-corrected chi connectivity index (χ3v) is 3.06. The molecule has 2 N–H and O–H groups in total. The molecule has 1 aromatic rings. The van der Waals surface area contributed by atoms with Crippen molar-refractivity contribution in [3.8, 4) is 0 Å². The number of carboxylic acids is 1. The van der Waals surface area contributed by atoms with Gasteiger partial charge in [-0.1, -0.05) is 13.8 Å². The van der Waals surface area contributed by atoms with Gasteiger partial charge in [0, 0.05) is 17.8 Å². The first-order chi connectivity index (χ1) is 7.90. The molecule has 0 aliphatic heterocycles. The Morgan fingerprint density at radius 3 is 2.71 bits per heavy atom. The highest BCUT2D eigenvalue weighted by Crippen LogP contribution is 2.44. The molecule has 0 aromatic carbocycles. The van der Waals surface area contributed by atoms with Crippen LogP contribution in [0.1, 0.15) is 41.1 Å². The fraction of sp³-hybridized carbons (Fsp3) is 0.417. The van der Waals surface area contributed by atoms with Crippen LogP contribution in [0.3, 0.4) is 0 Å². The normalized spacial score (nSPS) is 20.7. The summed E-state index contributed by atoms with van der Waals surface area (Å²) in [5, 5.41) is 11.6. The molecule has 1 unspecified atom stereocenters. The lowest BCUT2D eigenvalue weighted by atomic mass is 10.1. The minimum Gasteiger partial charge on any atom is -0.477 e. The lowest BCUT2D eigenvalue weighted by molar-refractivity contribution is 0.0690. The zero-order chi connectivity index (χ0) is 12.6. The van der Waals surface area contributed by atoms with Gasteiger partial charge in [0.2, 0.25) is 0 Å². The molecule has 0 radical (unpaired) electrons. The molecule has 1 saturated carbocycles. The van der Waals surface area contributed by atoms with Crippen LogP contribution in [0.25, 0.3) is 0 Å². The highest BCUT2D eigenvalue weighted by atomic mass is 16.4. The average Bonchev–Trinajstić information content (AvgIpc) is 2.86. The summed E-state index contributed by atoms with van der Waals surface area (Å²) < 4.78 is 0. The van der Waals surface area contributed by atoms with Crippen LogP contribution in [0.4, 0.5) is 0 Å². The van der Waals surface area contributed by atoms with Crippen LogP contribution >= 0.6 is 0 Å². The minimum absolute atomic E-state index is 0.118. The maximum atomic E-state index is 11.8. The molecule has 1 heterocycles. The van der Waals surface area contributed by atoms with Gasteiger partial charge in [0.25, 0.3) is 5.91 Å². The third-order valence-electron chi connectivity index (χ3n) is 3.06. The van der Waals surface area contributed by atoms with E-state index in [2.05, 4.69) is 24.1 Å². The Hall–Kier alpha value is -1.91. The van der Waals surface area contributed by atoms with E-state index in [1.54, 1.807) is 0 Å². The summed E-state index contributed by atoms with van der Waals surface area (Å²) in [5.41, 5.74) is 0.367. The van der Waals surface area contributed by atoms with Gasteiger partial charge in [0.1, 0.15) is 5.69 Å². The number of pyridine rings is 1. The summed E-state index contributed by atoms with van der Waals surface area (Å²) in [7, 11) is 0. The molecule has 0 bridgehead atoms. The van der Waals surface area contributed by atoms with Crippen molar-refractivity contribution in [3.05, 3.63) is 29.6 Å². The number of hydrogen-bond acceptors (Lipinski definition) is 3. The van der Waals surface area contributed by atoms with Crippen molar-refractivity contribution in [2.45, 2.75) is 26.3 Å². The summed E-state index contributed by atoms with van der Waals surface area (Å²) in [4.78, 5) is 26.2. The fourth-order valence-corrected chi connectivity index (χ4v) is 1.64. The van der Waals surface area contributed by atoms with E-state index in [0.717, 1.165) is 6.42 Å². The number of nitrogens with zero attached hydrogens (tertiary/aromatic N) is 1. The number of nitrogens with one attached hydrogen (secondary N) is 1. The number of carbonyl (C=O) groups excluding carboxylic acids is 1. The number of rotatable bonds is 3. The van der Waals surface area contributed by atoms with Crippen LogP contribution in [-0.4, -0.2) is 28.0 Å². The molecule has 1 atom stereocenters. The standard InChI is InChI=1S/C12H14N2O3/c1-12(2)6-9(12)14-10(15)7-3-4-13-8(5-7)11(16)17/h3-5,9H,6H2,1-2H3,(H,14,15)(H,16,17). The molecular weight excluding hydrogens is 220 g/mol. The summed E-state index contributed by atoms with van der Waals surface area (Å²) in [6.45, 7) is 4.15. The van der Waals surface area contributed by atoms with Crippen molar-refractivity contribution in [2.75, 3.05) is 0 Å². The van der Waals surface area contributed by atoms with Gasteiger partial charge in [-0.15, -0.1) is 0 Å². The van der Waals surface area contributed by atoms with Crippen molar-refractivity contribution in [1.82, 2.24) is 10.3 Å². The Balaban J connectivity index is 2.09. The monoisotopic (exact) mass is 234 g/mol. The number of amides is 1. The molecule has 1 aliphatic rings. The number of carbonyl (C=O) groups is 2. The van der Waals surface area contributed by atoms with Gasteiger partial charge in [0.05, 0.1) is 0 Å². The van der Waals surface area contributed by atoms with E-state index in [9.17, 15) is 9.59 Å². The van der Waals surface area contributed by atoms with Gasteiger partial charge in [-0.3, -0.25) is 4.79 Å². The maximum absolute atomic E-state index is 11.8. The molecule has 1 fully saturated rings. The third kappa shape index (κ3) is 2.43. The largest absolute Gasteiger partial charge is 0.477 e. The smallest absolute Gasteiger partial charge is 0.354 e. The van der Waals surface area contributed by atoms with E-state index >= 15 is 0 Å². The molecule has 5 heteroatoms. The number of carboxylic acid groups (broad SMARTS) is 1. The van der Waals surface area contributed by atoms with Crippen molar-refractivity contribution in [1.29, 1.82) is 0 Å². The fourth-order valence-electron chi connectivity index (χ4n) is 1.64. The Kier molecular flexibility index (Phi) is 2.61. The highest BCUT2D eigenvalue weighted by molar-refractivity contribution is 5.96. The quantitative estimate of drug-likeness (QED) is 0.826. The van der Waals surface area contributed by atoms with Crippen LogP contribution in [0.5, 0.6) is 0 Å². The average molecular weight is 234 g/mol. The molecule has 2 rings (SSSR count). The van der Waals surface area contributed by atoms with Gasteiger partial charge in [-0.25, -0.2) is 9.78 Å². The number of aromatic nitrogens is 1. The van der Waals surface area contributed by atoms with Gasteiger partial charge < -0.3 is 10.4 Å². The maximum Gasteiger partial charge on any atom is 0.354 e. The first-order valence-electron chi connectivity index (χ1n) is 5.40. The Bertz CT molecular complexity index is 482. The molecule has 0 spiro atoms. The molecule has 1 amide bonds. The predicted octanol–water partition coefficient (Wildman–Crippen LogP) is 1.31. The summed E-state index contributed by atoms with van der Waals surface area (Å²) >= 11 is 0. The lowest BCUT2D eigenvalue weighted by Crippen LogP contribution is -2.28. The van der Waals surface area contributed by atoms with Gasteiger partial charge in [0.15, 0.2) is 0 Å². The summed E-state index contributed by atoms with van der Waals surface area (Å²) in [6.07, 6.45) is 2.28. The number of aromatic carboxylic acids is 1. The zero-order valence-corrected chi connectivity index (χ0v) is 9.73. The van der Waals surface area contributed by atoms with E-state index < -0.39 is 5.97 Å². The van der Waals surface area contributed by atoms with E-state index in [4.69, 9.17) is 5.11 Å². The second kappa shape index (κ2) is 3.84. The van der Waals surface area contributed by atoms with E-state index in [1.165, 1.54) is 18.3 Å². The molecule has 1 aromatic heterocycles. The summed E-state index contributed by atoms with van der Waals surface area (Å²) in [5.74, 6) is -1.38. The van der Waals surface area contributed by atoms with Crippen LogP contribution in [0.2, 0.25) is 0 Å². The molecule has 0 saturated heterocycles. The van der Waals surface area contributed by atoms with Crippen LogP contribution in [-0.2, 0) is 0 Å². The second-order valence-electron chi connectivity index (χ2n) is 4.95. The van der Waals surface area contributed by atoms with Crippen molar-refractivity contribution in [2.24, 2.45) is 5.41 Å². The SMILES string of the molecule is CC1(C)CC1NC(=O)c1ccnc(C(=O)O)c1. The highest BCUT2D eigenvalue weighted by Gasteiger charge is 2.46. The molecule has 1 aliphatic carbocycles. The van der Waals surface area contributed by atoms with Crippen LogP contribution < -0.4 is 5.32 Å². The Morgan fingerprint density at radius 2 is 2.18 bits per heavy atom. The molecule has 5 nitrogen and oxygen atoms in total. The Labute approximate surface area is 98.9 Å². The summed E-state index contributed by atoms with van der Waals surface area (Å²) in [6, 6.07) is 2.97. The van der Waals surface area contributed by atoms with Crippen molar-refractivity contribution >= 4 is 11.9 Å². The van der Waals surface area contributed by atoms with E-state index in [1.807, 2.05) is 0 Å². The Morgan fingerprint density at radius 1 is 1.53 bits per heavy atom. The lowest BCUT2D eigenvalue weighted by Gasteiger charge is -2.07. The van der Waals surface area contributed by atoms with Crippen LogP contribution in [0.15, 0.2) is 18.3 Å². The first-order valence-corrected chi connectivity index (χ1v) is 5.40. The second-order valence-corrected chi connectivity index (χ2v) is 4.95.